The van der Waals surface area contributed by atoms with Crippen LogP contribution in [0, 0.1) is 35.5 Å². The van der Waals surface area contributed by atoms with Crippen LogP contribution in [0.5, 0.6) is 0 Å². The van der Waals surface area contributed by atoms with Crippen molar-refractivity contribution in [1.29, 1.82) is 0 Å². The van der Waals surface area contributed by atoms with Gasteiger partial charge >= 0.3 is 33.9 Å². The van der Waals surface area contributed by atoms with E-state index >= 15 is 0 Å². The van der Waals surface area contributed by atoms with Crippen LogP contribution < -0.4 is 10.3 Å². The van der Waals surface area contributed by atoms with Crippen LogP contribution in [0.3, 0.4) is 0 Å². The van der Waals surface area contributed by atoms with Gasteiger partial charge in [-0.3, -0.25) is 33.6 Å². The highest BCUT2D eigenvalue weighted by molar-refractivity contribution is 7.96. The van der Waals surface area contributed by atoms with Crippen molar-refractivity contribution in [3.05, 3.63) is 161 Å². The number of hydrogen-bond donors (Lipinski definition) is 8. The molecule has 0 radical (unpaired) electrons. The zero-order chi connectivity index (χ0) is 104. The maximum atomic E-state index is 13.5. The number of carbonyl (C=O) groups excluding carboxylic acids is 7. The first-order valence-electron chi connectivity index (χ1n) is 48.8. The van der Waals surface area contributed by atoms with Crippen molar-refractivity contribution in [2.45, 2.75) is 347 Å². The summed E-state index contributed by atoms with van der Waals surface area (Å²) in [5.74, 6) is -3.27. The van der Waals surface area contributed by atoms with Crippen molar-refractivity contribution in [2.75, 3.05) is 19.7 Å². The van der Waals surface area contributed by atoms with Crippen molar-refractivity contribution in [1.82, 2.24) is 20.0 Å². The first kappa shape index (κ1) is 119. The monoisotopic (exact) mass is 2130 g/mol. The number of fused-ring (bicyclic) bond motifs is 2. The number of nitrogens with zero attached hydrogens (tertiary/aromatic N) is 5. The maximum absolute atomic E-state index is 13.5. The Morgan fingerprint density at radius 3 is 1.43 bits per heavy atom. The summed E-state index contributed by atoms with van der Waals surface area (Å²) in [7, 11) is -19.8. The minimum absolute atomic E-state index is 0.00399. The van der Waals surface area contributed by atoms with Gasteiger partial charge in [0.05, 0.1) is 72.2 Å². The largest absolute Gasteiger partial charge is 0.465 e. The van der Waals surface area contributed by atoms with Gasteiger partial charge in [0, 0.05) is 107 Å². The molecule has 5 aliphatic rings. The Kier molecular flexibility index (Phi) is 47.8. The lowest BCUT2D eigenvalue weighted by Gasteiger charge is -2.36. The molecule has 19 atom stereocenters. The Balaban J connectivity index is 0.000000263. The first-order chi connectivity index (χ1) is 67.2. The number of aryl methyl sites for hydroxylation is 2. The number of unbranched alkanes of at least 4 members (excludes halogenated alkanes) is 5. The zero-order valence-electron chi connectivity index (χ0n) is 82.3. The van der Waals surface area contributed by atoms with Gasteiger partial charge in [0.15, 0.2) is 19.7 Å². The Morgan fingerprint density at radius 1 is 0.521 bits per heavy atom. The fourth-order valence-corrected chi connectivity index (χ4v) is 29.7. The lowest BCUT2D eigenvalue weighted by Crippen LogP contribution is -2.40. The molecule has 5 heterocycles. The van der Waals surface area contributed by atoms with Gasteiger partial charge in [-0.05, 0) is 198 Å². The van der Waals surface area contributed by atoms with Gasteiger partial charge in [-0.25, -0.2) is 43.9 Å². The molecular weight excluding hydrogens is 1990 g/mol. The van der Waals surface area contributed by atoms with E-state index in [9.17, 15) is 106 Å². The van der Waals surface area contributed by atoms with Crippen molar-refractivity contribution in [2.24, 2.45) is 50.2 Å². The number of ether oxygens (including phenoxy) is 4. The van der Waals surface area contributed by atoms with E-state index in [0.717, 1.165) is 54.4 Å². The molecule has 3 fully saturated rings. The number of sulfone groups is 2. The summed E-state index contributed by atoms with van der Waals surface area (Å²) in [5.41, 5.74) is 2.84. The first-order valence-corrected chi connectivity index (χ1v) is 58.9. The van der Waals surface area contributed by atoms with Crippen LogP contribution in [0.15, 0.2) is 159 Å². The second kappa shape index (κ2) is 57.1. The molecule has 0 bridgehead atoms. The third-order valence-corrected chi connectivity index (χ3v) is 39.4. The molecule has 142 heavy (non-hydrogen) atoms. The van der Waals surface area contributed by atoms with Crippen LogP contribution in [0.4, 0.5) is 0 Å². The predicted octanol–water partition coefficient (Wildman–Crippen LogP) is 13.0. The molecule has 0 saturated heterocycles. The van der Waals surface area contributed by atoms with Gasteiger partial charge in [0.1, 0.15) is 45.9 Å². The summed E-state index contributed by atoms with van der Waals surface area (Å²) in [4.78, 5) is 88.9. The molecule has 3 aromatic heterocycles. The normalized spacial score (nSPS) is 24.3. The quantitative estimate of drug-likeness (QED) is 0.00589. The van der Waals surface area contributed by atoms with E-state index in [2.05, 4.69) is 21.5 Å². The predicted molar refractivity (Wildman–Crippen MR) is 541 cm³/mol. The second-order valence-corrected chi connectivity index (χ2v) is 50.7. The second-order valence-electron chi connectivity index (χ2n) is 37.0. The number of esters is 4. The molecule has 3 saturated carbocycles. The molecule has 788 valence electrons. The standard InChI is InChI=1S/C37H50N2O10S3.C35H48N2O9S3.C28H45N3O8S2/c1-5-39(32-21-24(2)51(44,45)37-31(32)22-36(50-37)52(38,46)47)35(43)16-12-7-6-11-15-29-30(34(49-26(4)41)23-33(29)48-25(3)40)20-19-28(42)18-17-27-13-9-8-10-14-27;1-4-37(30-20-23(2)48(42,43)35-29(30)21-34(47-35)49(36,44)45)33(41)15-11-6-5-10-14-27-28(32(22-31(27)40)46-24(3)38)19-18-26(39)17-16-25-12-8-7-9-13-25;1-3-4-7-11-21(33)14-15-23-22(24(34)19-25(23)35)12-8-5-6-9-13-27(36)39-17-10-16-29-41(37,38)28-31-30-26(40-28)18-20(2)32/h6,8-11,13-14,19-20,22,24,28-30,32-34,42H,5,7,12,15-18,21,23H2,1-4H3,(H2,38,46,47);5,7-10,12-13,18-19,21,23,26-28,30-32,39-40H,4,6,11,14-17,20,22H2,1-3H3,(H2,36,44,45);5,8,16,21-25,33-35H,3-4,6-7,9-15,17-19H2,1-2H3/b11-6-,20-19+;10-5-,19-18+;8-5-,29-16?/t24-,28-,29+,30+,32-,33-,34+;23-,26-,27+,28+,30-,31-,32+;21-,22+,23+,24-,25+/m000/s1. The van der Waals surface area contributed by atoms with E-state index in [4.69, 9.17) is 29.2 Å². The van der Waals surface area contributed by atoms with Gasteiger partial charge in [-0.1, -0.05) is 159 Å². The fourth-order valence-electron chi connectivity index (χ4n) is 18.8. The number of benzene rings is 2. The number of nitrogens with two attached hydrogens (primary N) is 2. The van der Waals surface area contributed by atoms with Crippen molar-refractivity contribution >= 4 is 131 Å². The Morgan fingerprint density at radius 2 is 0.965 bits per heavy atom. The van der Waals surface area contributed by atoms with Gasteiger partial charge in [0.25, 0.3) is 4.34 Å². The summed E-state index contributed by atoms with van der Waals surface area (Å²) in [6.45, 7) is 14.9. The number of carbonyl (C=O) groups is 7. The molecule has 34 nitrogen and oxygen atoms in total. The molecule has 10 rings (SSSR count). The summed E-state index contributed by atoms with van der Waals surface area (Å²) < 4.78 is 149. The number of sulfonamides is 3. The average molecular weight is 2130 g/mol. The molecule has 0 spiro atoms. The van der Waals surface area contributed by atoms with Crippen LogP contribution in [0.2, 0.25) is 0 Å². The van der Waals surface area contributed by atoms with E-state index in [0.29, 0.717) is 167 Å². The van der Waals surface area contributed by atoms with Gasteiger partial charge < -0.3 is 59.4 Å². The smallest absolute Gasteiger partial charge is 0.311 e. The highest BCUT2D eigenvalue weighted by Gasteiger charge is 2.49. The number of Topliss-reactive ketones (excluding diaryl/α,β-unsaturated/α-hetero) is 1. The van der Waals surface area contributed by atoms with Crippen LogP contribution in [0.25, 0.3) is 0 Å². The SMILES string of the molecule is CCCCC[C@H](O)CC[C@@H]1[C@@H](C/C=C\CCCC(=O)OCCC=NS(=O)(=O)c2nnc(CC(C)=O)s2)[C@@H](O)C[C@H]1O.CCN(C(=O)CCC/C=C\C[C@@H]1[C@@H](/C=C/[C@@H](O)CCc2ccccc2)[C@H](OC(C)=O)C[C@@H]1O)[C@H]1C[C@H](C)S(=O)(=O)c2sc(S(N)(=O)=O)cc21.CCN(C(=O)CCC/C=C\C[C@@H]1[C@@H](/C=C/[C@@H](O)CCc2ccccc2)[C@H](OC(C)=O)C[C@@H]1OC(C)=O)[C@H]1C[C@H](C)S(=O)(=O)c2sc(S(N)(=O)=O)cc21. The molecule has 42 heteroatoms. The highest BCUT2D eigenvalue weighted by Crippen LogP contribution is 2.49. The number of aromatic nitrogens is 2. The van der Waals surface area contributed by atoms with Gasteiger partial charge in [0.2, 0.25) is 31.9 Å². The molecule has 2 aliphatic heterocycles. The molecule has 2 amide bonds. The number of aliphatic hydroxyl groups excluding tert-OH is 6. The Hall–Kier alpha value is -8.31. The molecular formula is C100H143N7O27S8. The van der Waals surface area contributed by atoms with E-state index in [-0.39, 0.29) is 138 Å². The number of primary sulfonamides is 2. The van der Waals surface area contributed by atoms with E-state index in [1.165, 1.54) is 39.8 Å². The summed E-state index contributed by atoms with van der Waals surface area (Å²) in [5, 5.41) is 79.9. The lowest BCUT2D eigenvalue weighted by atomic mass is 9.85. The number of thiophene rings is 2. The summed E-state index contributed by atoms with van der Waals surface area (Å²) >= 11 is 2.06. The number of allylic oxidation sites excluding steroid dienone is 6. The van der Waals surface area contributed by atoms with Gasteiger partial charge in [-0.15, -0.1) is 32.9 Å². The van der Waals surface area contributed by atoms with Crippen molar-refractivity contribution < 1.29 is 125 Å². The molecule has 10 N–H and O–H groups in total. The van der Waals surface area contributed by atoms with Crippen LogP contribution >= 0.6 is 34.0 Å². The summed E-state index contributed by atoms with van der Waals surface area (Å²) in [6, 6.07) is 21.1. The number of hydrogen-bond acceptors (Lipinski definition) is 32. The van der Waals surface area contributed by atoms with Crippen LogP contribution in [0.1, 0.15) is 269 Å². The minimum atomic E-state index is -4.13. The molecule has 3 aliphatic carbocycles. The lowest BCUT2D eigenvalue weighted by molar-refractivity contribution is -0.150. The zero-order valence-corrected chi connectivity index (χ0v) is 88.8. The number of amides is 2. The fraction of sp³-hybridized carbons (Fsp3) is 0.600. The number of aliphatic hydroxyl groups is 6. The third kappa shape index (κ3) is 36.4. The van der Waals surface area contributed by atoms with Crippen molar-refractivity contribution in [3.8, 4) is 0 Å². The molecule has 5 aromatic rings. The molecule has 0 unspecified atom stereocenters. The van der Waals surface area contributed by atoms with Crippen LogP contribution in [-0.2, 0) is 122 Å². The molecule has 2 aromatic carbocycles. The van der Waals surface area contributed by atoms with Crippen LogP contribution in [-0.4, -0.2) is 226 Å². The third-order valence-electron chi connectivity index (χ3n) is 26.2. The maximum Gasteiger partial charge on any atom is 0.311 e. The Labute approximate surface area is 848 Å². The minimum Gasteiger partial charge on any atom is -0.465 e. The number of rotatable bonds is 51. The number of ketones is 1. The highest BCUT2D eigenvalue weighted by atomic mass is 32.3. The van der Waals surface area contributed by atoms with Gasteiger partial charge in [-0.2, -0.15) is 12.8 Å². The van der Waals surface area contributed by atoms with Crippen molar-refractivity contribution in [3.63, 3.8) is 0 Å². The Bertz CT molecular complexity index is 5750. The average Bonchev–Trinajstić information content (AvgIpc) is 1.53. The van der Waals surface area contributed by atoms with E-state index < -0.39 is 139 Å². The van der Waals surface area contributed by atoms with E-state index in [1.54, 1.807) is 49.6 Å². The summed E-state index contributed by atoms with van der Waals surface area (Å²) in [6.07, 6.45) is 29.9. The van der Waals surface area contributed by atoms with E-state index in [1.807, 2.05) is 109 Å². The topological polar surface area (TPSA) is 545 Å².